The van der Waals surface area contributed by atoms with Crippen molar-refractivity contribution < 1.29 is 19.1 Å². The van der Waals surface area contributed by atoms with Crippen molar-refractivity contribution in [2.45, 2.75) is 33.6 Å². The van der Waals surface area contributed by atoms with Gasteiger partial charge >= 0.3 is 5.97 Å². The molecule has 0 atom stereocenters. The first kappa shape index (κ1) is 21.4. The lowest BCUT2D eigenvalue weighted by atomic mass is 10.1. The molecule has 6 nitrogen and oxygen atoms in total. The predicted octanol–water partition coefficient (Wildman–Crippen LogP) is 2.42. The number of nitrogens with zero attached hydrogens (tertiary/aromatic N) is 2. The van der Waals surface area contributed by atoms with Crippen molar-refractivity contribution in [2.24, 2.45) is 0 Å². The number of morpholine rings is 1. The molecule has 1 heterocycles. The van der Waals surface area contributed by atoms with E-state index in [9.17, 15) is 9.59 Å². The van der Waals surface area contributed by atoms with E-state index in [0.29, 0.717) is 25.3 Å². The van der Waals surface area contributed by atoms with Gasteiger partial charge in [-0.05, 0) is 50.5 Å². The number of hydrogen-bond donors (Lipinski definition) is 0. The predicted molar refractivity (Wildman–Crippen MR) is 105 cm³/mol. The Labute approximate surface area is 162 Å². The van der Waals surface area contributed by atoms with Crippen molar-refractivity contribution >= 4 is 11.9 Å². The molecule has 1 aliphatic rings. The SMILES string of the molecule is CCOC(=O)CCN(CCCN1CCOCC1)C(=O)c1ccc(C)c(C)c1. The average Bonchev–Trinajstić information content (AvgIpc) is 2.67. The number of esters is 1. The van der Waals surface area contributed by atoms with Crippen LogP contribution in [0.3, 0.4) is 0 Å². The van der Waals surface area contributed by atoms with Gasteiger partial charge in [0.05, 0.1) is 26.2 Å². The fourth-order valence-electron chi connectivity index (χ4n) is 3.14. The maximum absolute atomic E-state index is 13.0. The molecule has 1 aromatic carbocycles. The molecular weight excluding hydrogens is 344 g/mol. The van der Waals surface area contributed by atoms with Gasteiger partial charge in [0.2, 0.25) is 0 Å². The van der Waals surface area contributed by atoms with Crippen LogP contribution in [-0.2, 0) is 14.3 Å². The Morgan fingerprint density at radius 3 is 2.56 bits per heavy atom. The van der Waals surface area contributed by atoms with Gasteiger partial charge in [0.25, 0.3) is 5.91 Å². The van der Waals surface area contributed by atoms with Crippen LogP contribution in [0.2, 0.25) is 0 Å². The van der Waals surface area contributed by atoms with E-state index >= 15 is 0 Å². The summed E-state index contributed by atoms with van der Waals surface area (Å²) in [7, 11) is 0. The molecule has 0 saturated carbocycles. The minimum absolute atomic E-state index is 0.0237. The molecule has 150 valence electrons. The number of carbonyl (C=O) groups is 2. The number of aryl methyl sites for hydroxylation is 2. The first-order valence-electron chi connectivity index (χ1n) is 9.83. The molecular formula is C21H32N2O4. The topological polar surface area (TPSA) is 59.1 Å². The maximum Gasteiger partial charge on any atom is 0.307 e. The summed E-state index contributed by atoms with van der Waals surface area (Å²) in [6, 6.07) is 5.76. The molecule has 0 aromatic heterocycles. The monoisotopic (exact) mass is 376 g/mol. The van der Waals surface area contributed by atoms with E-state index < -0.39 is 0 Å². The molecule has 1 saturated heterocycles. The lowest BCUT2D eigenvalue weighted by Crippen LogP contribution is -2.39. The summed E-state index contributed by atoms with van der Waals surface area (Å²) in [5.74, 6) is -0.284. The summed E-state index contributed by atoms with van der Waals surface area (Å²) in [5.41, 5.74) is 2.93. The zero-order chi connectivity index (χ0) is 19.6. The molecule has 0 aliphatic carbocycles. The Kier molecular flexibility index (Phi) is 8.75. The van der Waals surface area contributed by atoms with E-state index in [2.05, 4.69) is 4.90 Å². The van der Waals surface area contributed by atoms with Crippen LogP contribution in [0.4, 0.5) is 0 Å². The largest absolute Gasteiger partial charge is 0.466 e. The number of benzene rings is 1. The Morgan fingerprint density at radius 2 is 1.89 bits per heavy atom. The zero-order valence-electron chi connectivity index (χ0n) is 16.8. The van der Waals surface area contributed by atoms with Crippen molar-refractivity contribution in [1.82, 2.24) is 9.80 Å². The summed E-state index contributed by atoms with van der Waals surface area (Å²) in [6.45, 7) is 11.6. The summed E-state index contributed by atoms with van der Waals surface area (Å²) in [5, 5.41) is 0. The van der Waals surface area contributed by atoms with Crippen LogP contribution in [0, 0.1) is 13.8 Å². The van der Waals surface area contributed by atoms with Gasteiger partial charge in [-0.1, -0.05) is 6.07 Å². The normalized spacial score (nSPS) is 14.8. The molecule has 1 aliphatic heterocycles. The Morgan fingerprint density at radius 1 is 1.15 bits per heavy atom. The molecule has 1 aromatic rings. The van der Waals surface area contributed by atoms with Crippen molar-refractivity contribution in [3.8, 4) is 0 Å². The van der Waals surface area contributed by atoms with E-state index in [-0.39, 0.29) is 18.3 Å². The number of ether oxygens (including phenoxy) is 2. The highest BCUT2D eigenvalue weighted by atomic mass is 16.5. The second kappa shape index (κ2) is 11.0. The minimum atomic E-state index is -0.261. The van der Waals surface area contributed by atoms with Crippen LogP contribution < -0.4 is 0 Å². The molecule has 0 unspecified atom stereocenters. The third-order valence-corrected chi connectivity index (χ3v) is 4.94. The quantitative estimate of drug-likeness (QED) is 0.620. The smallest absolute Gasteiger partial charge is 0.307 e. The van der Waals surface area contributed by atoms with Crippen LogP contribution in [0.1, 0.15) is 41.3 Å². The van der Waals surface area contributed by atoms with Gasteiger partial charge < -0.3 is 14.4 Å². The van der Waals surface area contributed by atoms with E-state index in [1.54, 1.807) is 11.8 Å². The van der Waals surface area contributed by atoms with E-state index in [4.69, 9.17) is 9.47 Å². The van der Waals surface area contributed by atoms with Crippen LogP contribution in [-0.4, -0.2) is 74.2 Å². The van der Waals surface area contributed by atoms with Crippen molar-refractivity contribution in [3.63, 3.8) is 0 Å². The summed E-state index contributed by atoms with van der Waals surface area (Å²) >= 11 is 0. The number of carbonyl (C=O) groups excluding carboxylic acids is 2. The molecule has 27 heavy (non-hydrogen) atoms. The van der Waals surface area contributed by atoms with Crippen LogP contribution >= 0.6 is 0 Å². The number of amides is 1. The second-order valence-corrected chi connectivity index (χ2v) is 6.95. The fraction of sp³-hybridized carbons (Fsp3) is 0.619. The summed E-state index contributed by atoms with van der Waals surface area (Å²) in [4.78, 5) is 28.9. The first-order chi connectivity index (χ1) is 13.0. The van der Waals surface area contributed by atoms with Crippen molar-refractivity contribution in [2.75, 3.05) is 52.5 Å². The standard InChI is InChI=1S/C21H32N2O4/c1-4-27-20(24)8-11-23(10-5-9-22-12-14-26-15-13-22)21(25)19-7-6-17(2)18(3)16-19/h6-7,16H,4-5,8-15H2,1-3H3. The third kappa shape index (κ3) is 6.96. The highest BCUT2D eigenvalue weighted by Gasteiger charge is 2.18. The van der Waals surface area contributed by atoms with Gasteiger partial charge in [0, 0.05) is 38.3 Å². The Bertz CT molecular complexity index is 627. The highest BCUT2D eigenvalue weighted by molar-refractivity contribution is 5.94. The van der Waals surface area contributed by atoms with Gasteiger partial charge in [-0.15, -0.1) is 0 Å². The fourth-order valence-corrected chi connectivity index (χ4v) is 3.14. The van der Waals surface area contributed by atoms with Crippen molar-refractivity contribution in [3.05, 3.63) is 34.9 Å². The third-order valence-electron chi connectivity index (χ3n) is 4.94. The van der Waals surface area contributed by atoms with Gasteiger partial charge in [-0.25, -0.2) is 0 Å². The van der Waals surface area contributed by atoms with Gasteiger partial charge in [0.1, 0.15) is 0 Å². The summed E-state index contributed by atoms with van der Waals surface area (Å²) in [6.07, 6.45) is 1.10. The molecule has 0 bridgehead atoms. The van der Waals surface area contributed by atoms with E-state index in [0.717, 1.165) is 50.4 Å². The molecule has 0 radical (unpaired) electrons. The van der Waals surface area contributed by atoms with Crippen molar-refractivity contribution in [1.29, 1.82) is 0 Å². The van der Waals surface area contributed by atoms with Gasteiger partial charge in [-0.2, -0.15) is 0 Å². The first-order valence-corrected chi connectivity index (χ1v) is 9.83. The summed E-state index contributed by atoms with van der Waals surface area (Å²) < 4.78 is 10.4. The molecule has 0 N–H and O–H groups in total. The Hall–Kier alpha value is -1.92. The van der Waals surface area contributed by atoms with E-state index in [1.807, 2.05) is 32.0 Å². The Balaban J connectivity index is 1.97. The van der Waals surface area contributed by atoms with Crippen LogP contribution in [0.5, 0.6) is 0 Å². The van der Waals surface area contributed by atoms with Crippen LogP contribution in [0.15, 0.2) is 18.2 Å². The molecule has 0 spiro atoms. The number of rotatable bonds is 9. The molecule has 2 rings (SSSR count). The zero-order valence-corrected chi connectivity index (χ0v) is 16.8. The van der Waals surface area contributed by atoms with Crippen LogP contribution in [0.25, 0.3) is 0 Å². The lowest BCUT2D eigenvalue weighted by Gasteiger charge is -2.28. The van der Waals surface area contributed by atoms with Gasteiger partial charge in [0.15, 0.2) is 0 Å². The maximum atomic E-state index is 13.0. The molecule has 1 fully saturated rings. The average molecular weight is 376 g/mol. The second-order valence-electron chi connectivity index (χ2n) is 6.95. The van der Waals surface area contributed by atoms with E-state index in [1.165, 1.54) is 0 Å². The molecule has 6 heteroatoms. The lowest BCUT2D eigenvalue weighted by molar-refractivity contribution is -0.143. The van der Waals surface area contributed by atoms with Gasteiger partial charge in [-0.3, -0.25) is 14.5 Å². The highest BCUT2D eigenvalue weighted by Crippen LogP contribution is 2.13. The minimum Gasteiger partial charge on any atom is -0.466 e. The molecule has 1 amide bonds. The number of hydrogen-bond acceptors (Lipinski definition) is 5.